The molecule has 1 atom stereocenters. The Labute approximate surface area is 142 Å². The van der Waals surface area contributed by atoms with Gasteiger partial charge in [-0.3, -0.25) is 9.69 Å². The predicted octanol–water partition coefficient (Wildman–Crippen LogP) is 1.97. The summed E-state index contributed by atoms with van der Waals surface area (Å²) in [5.41, 5.74) is 1.47. The summed E-state index contributed by atoms with van der Waals surface area (Å²) in [4.78, 5) is 17.3. The van der Waals surface area contributed by atoms with Gasteiger partial charge in [-0.15, -0.1) is 12.4 Å². The number of hydrogen-bond acceptors (Lipinski definition) is 4. The van der Waals surface area contributed by atoms with Crippen LogP contribution in [-0.2, 0) is 0 Å². The van der Waals surface area contributed by atoms with Crippen LogP contribution in [0.1, 0.15) is 16.8 Å². The fourth-order valence-corrected chi connectivity index (χ4v) is 3.59. The van der Waals surface area contributed by atoms with Crippen LogP contribution in [0.5, 0.6) is 0 Å². The third-order valence-corrected chi connectivity index (χ3v) is 4.83. The monoisotopic (exact) mass is 335 g/mol. The van der Waals surface area contributed by atoms with Crippen LogP contribution < -0.4 is 5.32 Å². The summed E-state index contributed by atoms with van der Waals surface area (Å²) in [6, 6.07) is 8.23. The van der Waals surface area contributed by atoms with E-state index in [1.165, 1.54) is 0 Å². The van der Waals surface area contributed by atoms with Crippen molar-refractivity contribution in [2.45, 2.75) is 12.5 Å². The number of rotatable bonds is 2. The summed E-state index contributed by atoms with van der Waals surface area (Å²) in [5, 5.41) is 4.29. The third kappa shape index (κ3) is 3.09. The Morgan fingerprint density at radius 3 is 2.78 bits per heavy atom. The van der Waals surface area contributed by atoms with Crippen LogP contribution in [0.2, 0.25) is 0 Å². The van der Waals surface area contributed by atoms with E-state index in [-0.39, 0.29) is 18.3 Å². The lowest BCUT2D eigenvalue weighted by atomic mass is 10.1. The zero-order valence-corrected chi connectivity index (χ0v) is 13.8. The normalized spacial score (nSPS) is 22.3. The first kappa shape index (κ1) is 16.3. The molecule has 5 nitrogen and oxygen atoms in total. The highest BCUT2D eigenvalue weighted by Crippen LogP contribution is 2.24. The smallest absolute Gasteiger partial charge is 0.257 e. The lowest BCUT2D eigenvalue weighted by molar-refractivity contribution is 0.0774. The maximum atomic E-state index is 12.8. The first-order chi connectivity index (χ1) is 10.8. The number of nitrogens with one attached hydrogen (secondary N) is 1. The van der Waals surface area contributed by atoms with Gasteiger partial charge in [0, 0.05) is 50.7 Å². The first-order valence-electron chi connectivity index (χ1n) is 8.03. The molecular formula is C17H22ClN3O2. The van der Waals surface area contributed by atoms with Gasteiger partial charge in [0.2, 0.25) is 0 Å². The van der Waals surface area contributed by atoms with Gasteiger partial charge in [0.25, 0.3) is 5.91 Å². The number of likely N-dealkylation sites (tertiary alicyclic amines) is 1. The summed E-state index contributed by atoms with van der Waals surface area (Å²) in [7, 11) is 0. The molecule has 4 rings (SSSR count). The number of piperazine rings is 1. The molecule has 0 aliphatic carbocycles. The quantitative estimate of drug-likeness (QED) is 0.911. The van der Waals surface area contributed by atoms with E-state index < -0.39 is 0 Å². The molecular weight excluding hydrogens is 314 g/mol. The van der Waals surface area contributed by atoms with Gasteiger partial charge < -0.3 is 14.6 Å². The highest BCUT2D eigenvalue weighted by atomic mass is 35.5. The molecule has 23 heavy (non-hydrogen) atoms. The van der Waals surface area contributed by atoms with Crippen molar-refractivity contribution in [3.8, 4) is 0 Å². The van der Waals surface area contributed by atoms with Gasteiger partial charge >= 0.3 is 0 Å². The van der Waals surface area contributed by atoms with E-state index in [2.05, 4.69) is 10.2 Å². The molecule has 2 saturated heterocycles. The van der Waals surface area contributed by atoms with E-state index in [4.69, 9.17) is 4.42 Å². The topological polar surface area (TPSA) is 48.7 Å². The second-order valence-corrected chi connectivity index (χ2v) is 6.13. The standard InChI is InChI=1S/C17H21N3O2.ClH/c21-17(15-12-22-16-4-2-1-3-14(15)16)20-8-5-13(11-20)19-9-6-18-7-10-19;/h1-4,12-13,18H,5-11H2;1H. The number of para-hydroxylation sites is 1. The van der Waals surface area contributed by atoms with Crippen molar-refractivity contribution in [3.63, 3.8) is 0 Å². The Morgan fingerprint density at radius 1 is 1.17 bits per heavy atom. The first-order valence-corrected chi connectivity index (χ1v) is 8.03. The molecule has 124 valence electrons. The van der Waals surface area contributed by atoms with Crippen molar-refractivity contribution in [1.29, 1.82) is 0 Å². The maximum Gasteiger partial charge on any atom is 0.257 e. The Balaban J connectivity index is 0.00000156. The van der Waals surface area contributed by atoms with Gasteiger partial charge in [-0.1, -0.05) is 18.2 Å². The summed E-state index contributed by atoms with van der Waals surface area (Å²) < 4.78 is 5.51. The van der Waals surface area contributed by atoms with Crippen LogP contribution in [0.15, 0.2) is 34.9 Å². The second-order valence-electron chi connectivity index (χ2n) is 6.13. The van der Waals surface area contributed by atoms with Crippen LogP contribution >= 0.6 is 12.4 Å². The van der Waals surface area contributed by atoms with Crippen molar-refractivity contribution in [1.82, 2.24) is 15.1 Å². The molecule has 3 heterocycles. The van der Waals surface area contributed by atoms with Crippen molar-refractivity contribution < 1.29 is 9.21 Å². The van der Waals surface area contributed by atoms with Gasteiger partial charge in [-0.25, -0.2) is 0 Å². The number of carbonyl (C=O) groups excluding carboxylic acids is 1. The molecule has 0 saturated carbocycles. The van der Waals surface area contributed by atoms with Gasteiger partial charge in [0.1, 0.15) is 11.8 Å². The molecule has 1 unspecified atom stereocenters. The average molecular weight is 336 g/mol. The highest BCUT2D eigenvalue weighted by Gasteiger charge is 2.32. The minimum absolute atomic E-state index is 0. The van der Waals surface area contributed by atoms with Gasteiger partial charge in [0.05, 0.1) is 5.56 Å². The van der Waals surface area contributed by atoms with Crippen molar-refractivity contribution >= 4 is 29.3 Å². The molecule has 0 radical (unpaired) electrons. The largest absolute Gasteiger partial charge is 0.463 e. The molecule has 2 aliphatic rings. The van der Waals surface area contributed by atoms with Crippen LogP contribution in [0, 0.1) is 0 Å². The third-order valence-electron chi connectivity index (χ3n) is 4.83. The average Bonchev–Trinajstić information content (AvgIpc) is 3.22. The van der Waals surface area contributed by atoms with E-state index in [0.29, 0.717) is 11.6 Å². The fourth-order valence-electron chi connectivity index (χ4n) is 3.59. The van der Waals surface area contributed by atoms with Crippen LogP contribution in [0.3, 0.4) is 0 Å². The molecule has 1 aromatic heterocycles. The molecule has 6 heteroatoms. The van der Waals surface area contributed by atoms with Crippen molar-refractivity contribution in [3.05, 3.63) is 36.1 Å². The summed E-state index contributed by atoms with van der Waals surface area (Å²) in [5.74, 6) is 0.0996. The molecule has 1 aromatic carbocycles. The SMILES string of the molecule is Cl.O=C(c1coc2ccccc12)N1CCC(N2CCNCC2)C1. The number of benzene rings is 1. The van der Waals surface area contributed by atoms with Gasteiger partial charge in [-0.05, 0) is 12.5 Å². The summed E-state index contributed by atoms with van der Waals surface area (Å²) >= 11 is 0. The molecule has 0 bridgehead atoms. The number of nitrogens with zero attached hydrogens (tertiary/aromatic N) is 2. The second kappa shape index (κ2) is 6.91. The van der Waals surface area contributed by atoms with E-state index in [1.807, 2.05) is 29.2 Å². The number of carbonyl (C=O) groups is 1. The molecule has 0 spiro atoms. The maximum absolute atomic E-state index is 12.8. The van der Waals surface area contributed by atoms with Crippen molar-refractivity contribution in [2.24, 2.45) is 0 Å². The zero-order valence-electron chi connectivity index (χ0n) is 13.0. The fraction of sp³-hybridized carbons (Fsp3) is 0.471. The number of amides is 1. The highest BCUT2D eigenvalue weighted by molar-refractivity contribution is 6.06. The predicted molar refractivity (Wildman–Crippen MR) is 92.2 cm³/mol. The number of halogens is 1. The van der Waals surface area contributed by atoms with Crippen LogP contribution in [0.25, 0.3) is 11.0 Å². The minimum Gasteiger partial charge on any atom is -0.463 e. The molecule has 2 fully saturated rings. The summed E-state index contributed by atoms with van der Waals surface area (Å²) in [6.45, 7) is 5.95. The summed E-state index contributed by atoms with van der Waals surface area (Å²) in [6.07, 6.45) is 2.67. The molecule has 1 amide bonds. The van der Waals surface area contributed by atoms with Crippen LogP contribution in [-0.4, -0.2) is 61.0 Å². The van der Waals surface area contributed by atoms with E-state index in [0.717, 1.165) is 56.7 Å². The molecule has 2 aliphatic heterocycles. The number of furan rings is 1. The number of hydrogen-bond donors (Lipinski definition) is 1. The number of fused-ring (bicyclic) bond motifs is 1. The molecule has 1 N–H and O–H groups in total. The van der Waals surface area contributed by atoms with Gasteiger partial charge in [-0.2, -0.15) is 0 Å². The van der Waals surface area contributed by atoms with E-state index >= 15 is 0 Å². The lowest BCUT2D eigenvalue weighted by Crippen LogP contribution is -2.49. The van der Waals surface area contributed by atoms with E-state index in [1.54, 1.807) is 6.26 Å². The van der Waals surface area contributed by atoms with Crippen molar-refractivity contribution in [2.75, 3.05) is 39.3 Å². The Hall–Kier alpha value is -1.56. The molecule has 2 aromatic rings. The minimum atomic E-state index is 0. The Bertz CT molecular complexity index is 681. The zero-order chi connectivity index (χ0) is 14.9. The van der Waals surface area contributed by atoms with E-state index in [9.17, 15) is 4.79 Å². The Kier molecular flexibility index (Phi) is 4.90. The Morgan fingerprint density at radius 2 is 1.96 bits per heavy atom. The lowest BCUT2D eigenvalue weighted by Gasteiger charge is -2.32. The van der Waals surface area contributed by atoms with Gasteiger partial charge in [0.15, 0.2) is 0 Å². The van der Waals surface area contributed by atoms with Crippen LogP contribution in [0.4, 0.5) is 0 Å².